The maximum Gasteiger partial charge on any atom is 0.225 e. The summed E-state index contributed by atoms with van der Waals surface area (Å²) < 4.78 is 0. The number of nitrogens with one attached hydrogen (secondary N) is 1. The van der Waals surface area contributed by atoms with Crippen molar-refractivity contribution < 1.29 is 4.79 Å². The van der Waals surface area contributed by atoms with Crippen molar-refractivity contribution in [2.75, 3.05) is 0 Å². The van der Waals surface area contributed by atoms with Gasteiger partial charge in [0.2, 0.25) is 5.91 Å². The Labute approximate surface area is 127 Å². The molecule has 0 radical (unpaired) electrons. The molecule has 1 aromatic rings. The molecule has 21 heavy (non-hydrogen) atoms. The molecule has 1 amide bonds. The van der Waals surface area contributed by atoms with Crippen molar-refractivity contribution in [3.63, 3.8) is 0 Å². The first-order valence-corrected chi connectivity index (χ1v) is 8.19. The average molecular weight is 286 g/mol. The van der Waals surface area contributed by atoms with E-state index in [-0.39, 0.29) is 17.4 Å². The Balaban J connectivity index is 1.50. The molecule has 0 spiro atoms. The van der Waals surface area contributed by atoms with Gasteiger partial charge >= 0.3 is 0 Å². The normalized spacial score (nSPS) is 35.2. The summed E-state index contributed by atoms with van der Waals surface area (Å²) in [6.45, 7) is 2.03. The second-order valence-corrected chi connectivity index (χ2v) is 7.10. The Kier molecular flexibility index (Phi) is 4.03. The molecule has 4 atom stereocenters. The van der Waals surface area contributed by atoms with Crippen molar-refractivity contribution >= 4 is 5.91 Å². The average Bonchev–Trinajstić information content (AvgIpc) is 3.16. The molecule has 0 aliphatic heterocycles. The minimum Gasteiger partial charge on any atom is -0.353 e. The molecule has 1 aromatic carbocycles. The highest BCUT2D eigenvalue weighted by Gasteiger charge is 2.43. The molecule has 0 saturated heterocycles. The fourth-order valence-electron chi connectivity index (χ4n) is 3.64. The number of nitrogens with two attached hydrogens (primary N) is 1. The zero-order valence-electron chi connectivity index (χ0n) is 12.8. The van der Waals surface area contributed by atoms with Crippen molar-refractivity contribution in [2.24, 2.45) is 17.6 Å². The predicted octanol–water partition coefficient (Wildman–Crippen LogP) is 2.64. The summed E-state index contributed by atoms with van der Waals surface area (Å²) in [6, 6.07) is 10.9. The van der Waals surface area contributed by atoms with Crippen molar-refractivity contribution in [3.05, 3.63) is 35.9 Å². The number of hydrogen-bond donors (Lipinski definition) is 2. The van der Waals surface area contributed by atoms with E-state index in [1.165, 1.54) is 5.56 Å². The van der Waals surface area contributed by atoms with Crippen molar-refractivity contribution in [2.45, 2.75) is 57.0 Å². The van der Waals surface area contributed by atoms with Crippen LogP contribution in [0.3, 0.4) is 0 Å². The molecule has 0 heterocycles. The molecule has 2 aliphatic rings. The third kappa shape index (κ3) is 3.46. The summed E-state index contributed by atoms with van der Waals surface area (Å²) >= 11 is 0. The molecule has 3 rings (SSSR count). The molecule has 0 bridgehead atoms. The Morgan fingerprint density at radius 3 is 2.81 bits per heavy atom. The highest BCUT2D eigenvalue weighted by Crippen LogP contribution is 2.36. The summed E-state index contributed by atoms with van der Waals surface area (Å²) in [5.41, 5.74) is 7.35. The van der Waals surface area contributed by atoms with E-state index in [0.717, 1.165) is 38.5 Å². The predicted molar refractivity (Wildman–Crippen MR) is 84.7 cm³/mol. The van der Waals surface area contributed by atoms with Gasteiger partial charge < -0.3 is 11.1 Å². The topological polar surface area (TPSA) is 55.1 Å². The Bertz CT molecular complexity index is 497. The molecule has 2 saturated carbocycles. The van der Waals surface area contributed by atoms with Crippen LogP contribution < -0.4 is 11.1 Å². The van der Waals surface area contributed by atoms with E-state index in [1.54, 1.807) is 0 Å². The van der Waals surface area contributed by atoms with E-state index in [2.05, 4.69) is 29.6 Å². The zero-order valence-corrected chi connectivity index (χ0v) is 12.8. The van der Waals surface area contributed by atoms with E-state index in [0.29, 0.717) is 12.0 Å². The molecule has 0 aromatic heterocycles. The van der Waals surface area contributed by atoms with Gasteiger partial charge in [-0.2, -0.15) is 0 Å². The molecule has 2 fully saturated rings. The monoisotopic (exact) mass is 286 g/mol. The smallest absolute Gasteiger partial charge is 0.225 e. The lowest BCUT2D eigenvalue weighted by molar-refractivity contribution is -0.128. The molecular formula is C18H26N2O. The van der Waals surface area contributed by atoms with Crippen LogP contribution >= 0.6 is 0 Å². The maximum absolute atomic E-state index is 12.5. The lowest BCUT2D eigenvalue weighted by Gasteiger charge is -2.37. The summed E-state index contributed by atoms with van der Waals surface area (Å²) in [6.07, 6.45) is 6.35. The van der Waals surface area contributed by atoms with Crippen molar-refractivity contribution in [1.29, 1.82) is 0 Å². The van der Waals surface area contributed by atoms with Gasteiger partial charge in [0.05, 0.1) is 5.92 Å². The van der Waals surface area contributed by atoms with Crippen LogP contribution in [-0.4, -0.2) is 17.5 Å². The van der Waals surface area contributed by atoms with Crippen LogP contribution in [-0.2, 0) is 11.2 Å². The fraction of sp³-hybridized carbons (Fsp3) is 0.611. The molecule has 3 heteroatoms. The van der Waals surface area contributed by atoms with Crippen molar-refractivity contribution in [3.8, 4) is 0 Å². The van der Waals surface area contributed by atoms with Gasteiger partial charge in [-0.1, -0.05) is 43.2 Å². The minimum absolute atomic E-state index is 0.00998. The Morgan fingerprint density at radius 2 is 2.10 bits per heavy atom. The van der Waals surface area contributed by atoms with E-state index >= 15 is 0 Å². The van der Waals surface area contributed by atoms with E-state index < -0.39 is 0 Å². The Hall–Kier alpha value is -1.35. The Morgan fingerprint density at radius 1 is 1.33 bits per heavy atom. The van der Waals surface area contributed by atoms with Gasteiger partial charge in [0.1, 0.15) is 0 Å². The minimum atomic E-state index is -0.327. The van der Waals surface area contributed by atoms with Gasteiger partial charge in [0, 0.05) is 11.6 Å². The lowest BCUT2D eigenvalue weighted by atomic mass is 9.74. The van der Waals surface area contributed by atoms with Gasteiger partial charge in [-0.05, 0) is 44.1 Å². The zero-order chi connectivity index (χ0) is 14.9. The third-order valence-electron chi connectivity index (χ3n) is 5.16. The lowest BCUT2D eigenvalue weighted by Crippen LogP contribution is -2.53. The highest BCUT2D eigenvalue weighted by atomic mass is 16.2. The quantitative estimate of drug-likeness (QED) is 0.894. The van der Waals surface area contributed by atoms with Crippen LogP contribution in [0.5, 0.6) is 0 Å². The van der Waals surface area contributed by atoms with Crippen LogP contribution in [0.4, 0.5) is 0 Å². The molecule has 3 nitrogen and oxygen atoms in total. The molecular weight excluding hydrogens is 260 g/mol. The maximum atomic E-state index is 12.5. The molecule has 2 aliphatic carbocycles. The van der Waals surface area contributed by atoms with Gasteiger partial charge in [-0.3, -0.25) is 4.79 Å². The molecule has 114 valence electrons. The highest BCUT2D eigenvalue weighted by molar-refractivity contribution is 5.80. The molecule has 3 N–H and O–H groups in total. The van der Waals surface area contributed by atoms with Gasteiger partial charge in [0.15, 0.2) is 0 Å². The number of rotatable bonds is 4. The number of carbonyl (C=O) groups excluding carboxylic acids is 1. The number of hydrogen-bond acceptors (Lipinski definition) is 2. The summed E-state index contributed by atoms with van der Waals surface area (Å²) in [7, 11) is 0. The van der Waals surface area contributed by atoms with Crippen LogP contribution in [0.1, 0.15) is 44.6 Å². The van der Waals surface area contributed by atoms with Crippen LogP contribution in [0, 0.1) is 11.8 Å². The van der Waals surface area contributed by atoms with Crippen LogP contribution in [0.15, 0.2) is 30.3 Å². The van der Waals surface area contributed by atoms with Gasteiger partial charge in [-0.15, -0.1) is 0 Å². The molecule has 4 unspecified atom stereocenters. The second-order valence-electron chi connectivity index (χ2n) is 7.10. The van der Waals surface area contributed by atoms with E-state index in [4.69, 9.17) is 5.73 Å². The first kappa shape index (κ1) is 14.6. The second kappa shape index (κ2) is 5.80. The van der Waals surface area contributed by atoms with Crippen molar-refractivity contribution in [1.82, 2.24) is 5.32 Å². The van der Waals surface area contributed by atoms with Gasteiger partial charge in [-0.25, -0.2) is 0 Å². The van der Waals surface area contributed by atoms with Gasteiger partial charge in [0.25, 0.3) is 0 Å². The summed E-state index contributed by atoms with van der Waals surface area (Å²) in [5, 5.41) is 3.23. The van der Waals surface area contributed by atoms with Crippen LogP contribution in [0.2, 0.25) is 0 Å². The van der Waals surface area contributed by atoms with E-state index in [1.807, 2.05) is 13.0 Å². The first-order valence-electron chi connectivity index (χ1n) is 8.19. The first-order chi connectivity index (χ1) is 10.1. The third-order valence-corrected chi connectivity index (χ3v) is 5.16. The largest absolute Gasteiger partial charge is 0.353 e. The number of amides is 1. The standard InChI is InChI=1S/C18H26N2O/c1-18(19)10-6-5-9-15(18)17(21)20-16-12-14(16)11-13-7-3-2-4-8-13/h2-4,7-8,14-16H,5-6,9-12,19H2,1H3,(H,20,21). The number of benzene rings is 1. The van der Waals surface area contributed by atoms with Crippen LogP contribution in [0.25, 0.3) is 0 Å². The van der Waals surface area contributed by atoms with E-state index in [9.17, 15) is 4.79 Å². The summed E-state index contributed by atoms with van der Waals surface area (Å²) in [4.78, 5) is 12.5. The SMILES string of the molecule is CC1(N)CCCCC1C(=O)NC1CC1Cc1ccccc1. The number of carbonyl (C=O) groups is 1. The fourth-order valence-corrected chi connectivity index (χ4v) is 3.64. The summed E-state index contributed by atoms with van der Waals surface area (Å²) in [5.74, 6) is 0.772.